The molecule has 2 amide bonds. The van der Waals surface area contributed by atoms with E-state index < -0.39 is 17.5 Å². The summed E-state index contributed by atoms with van der Waals surface area (Å²) in [6, 6.07) is 11.8. The van der Waals surface area contributed by atoms with Crippen molar-refractivity contribution in [3.8, 4) is 0 Å². The minimum Gasteiger partial charge on any atom is -0.456 e. The van der Waals surface area contributed by atoms with Crippen molar-refractivity contribution in [2.75, 3.05) is 18.9 Å². The van der Waals surface area contributed by atoms with Crippen molar-refractivity contribution < 1.29 is 19.1 Å². The smallest absolute Gasteiger partial charge is 0.338 e. The number of esters is 1. The van der Waals surface area contributed by atoms with Crippen molar-refractivity contribution >= 4 is 46.4 Å². The van der Waals surface area contributed by atoms with E-state index in [2.05, 4.69) is 27.6 Å². The molecule has 8 nitrogen and oxygen atoms in total. The number of ether oxygens (including phenoxy) is 1. The Labute approximate surface area is 225 Å². The summed E-state index contributed by atoms with van der Waals surface area (Å²) in [6.07, 6.45) is 0.769. The highest BCUT2D eigenvalue weighted by molar-refractivity contribution is 7.18. The number of benzene rings is 1. The van der Waals surface area contributed by atoms with Crippen LogP contribution < -0.4 is 10.6 Å². The fourth-order valence-electron chi connectivity index (χ4n) is 3.88. The number of anilines is 1. The lowest BCUT2D eigenvalue weighted by atomic mass is 10.1. The van der Waals surface area contributed by atoms with Crippen LogP contribution in [-0.4, -0.2) is 46.9 Å². The number of pyridine rings is 1. The largest absolute Gasteiger partial charge is 0.456 e. The molecule has 0 radical (unpaired) electrons. The molecule has 1 aromatic carbocycles. The second-order valence-electron chi connectivity index (χ2n) is 9.90. The van der Waals surface area contributed by atoms with Crippen molar-refractivity contribution in [2.24, 2.45) is 0 Å². The van der Waals surface area contributed by atoms with E-state index in [0.29, 0.717) is 20.5 Å². The summed E-state index contributed by atoms with van der Waals surface area (Å²) >= 11 is 7.12. The molecule has 10 heteroatoms. The van der Waals surface area contributed by atoms with Crippen LogP contribution in [0, 0.1) is 0 Å². The lowest BCUT2D eigenvalue weighted by Gasteiger charge is -2.24. The maximum Gasteiger partial charge on any atom is 0.338 e. The molecule has 4 rings (SSSR count). The van der Waals surface area contributed by atoms with E-state index in [0.717, 1.165) is 30.8 Å². The van der Waals surface area contributed by atoms with Crippen molar-refractivity contribution in [3.05, 3.63) is 79.8 Å². The first kappa shape index (κ1) is 26.8. The van der Waals surface area contributed by atoms with Gasteiger partial charge in [0.2, 0.25) is 0 Å². The Balaban J connectivity index is 1.57. The normalized spacial score (nSPS) is 13.5. The first-order valence-corrected chi connectivity index (χ1v) is 13.1. The average molecular weight is 541 g/mol. The van der Waals surface area contributed by atoms with E-state index in [1.165, 1.54) is 11.3 Å². The molecule has 0 saturated heterocycles. The lowest BCUT2D eigenvalue weighted by molar-refractivity contribution is 0.00692. The molecule has 0 atom stereocenters. The third kappa shape index (κ3) is 6.94. The fraction of sp³-hybridized carbons (Fsp3) is 0.333. The molecule has 3 heterocycles. The number of carbonyl (C=O) groups excluding carboxylic acids is 3. The van der Waals surface area contributed by atoms with Crippen LogP contribution in [0.2, 0.25) is 4.34 Å². The van der Waals surface area contributed by atoms with Gasteiger partial charge in [0, 0.05) is 37.4 Å². The number of carbonyl (C=O) groups is 3. The van der Waals surface area contributed by atoms with Crippen LogP contribution in [0.3, 0.4) is 0 Å². The summed E-state index contributed by atoms with van der Waals surface area (Å²) in [7, 11) is 2.05. The minimum absolute atomic E-state index is 0.127. The number of thiophene rings is 1. The van der Waals surface area contributed by atoms with Crippen LogP contribution in [0.25, 0.3) is 0 Å². The Morgan fingerprint density at radius 3 is 2.59 bits per heavy atom. The minimum atomic E-state index is -0.670. The molecule has 0 fully saturated rings. The van der Waals surface area contributed by atoms with Crippen LogP contribution in [0.4, 0.5) is 5.69 Å². The van der Waals surface area contributed by atoms with E-state index in [-0.39, 0.29) is 23.7 Å². The molecule has 37 heavy (non-hydrogen) atoms. The fourth-order valence-corrected chi connectivity index (χ4v) is 4.84. The number of fused-ring (bicyclic) bond motifs is 1. The second-order valence-corrected chi connectivity index (χ2v) is 11.6. The molecule has 2 N–H and O–H groups in total. The lowest BCUT2D eigenvalue weighted by Crippen LogP contribution is -2.28. The monoisotopic (exact) mass is 540 g/mol. The highest BCUT2D eigenvalue weighted by Crippen LogP contribution is 2.24. The number of likely N-dealkylation sites (N-methyl/N-ethyl adjacent to an activating group) is 1. The second kappa shape index (κ2) is 11.0. The quantitative estimate of drug-likeness (QED) is 0.430. The Morgan fingerprint density at radius 1 is 1.11 bits per heavy atom. The Hall–Kier alpha value is -3.27. The third-order valence-corrected chi connectivity index (χ3v) is 6.93. The zero-order valence-corrected chi connectivity index (χ0v) is 22.8. The molecular formula is C27H29ClN4O4S. The van der Waals surface area contributed by atoms with E-state index in [9.17, 15) is 14.4 Å². The zero-order valence-electron chi connectivity index (χ0n) is 21.2. The van der Waals surface area contributed by atoms with Crippen molar-refractivity contribution in [1.29, 1.82) is 0 Å². The maximum absolute atomic E-state index is 13.2. The predicted octanol–water partition coefficient (Wildman–Crippen LogP) is 4.92. The predicted molar refractivity (Wildman–Crippen MR) is 144 cm³/mol. The van der Waals surface area contributed by atoms with Gasteiger partial charge < -0.3 is 20.3 Å². The first-order valence-electron chi connectivity index (χ1n) is 11.9. The molecule has 0 unspecified atom stereocenters. The number of nitrogens with one attached hydrogen (secondary N) is 2. The van der Waals surface area contributed by atoms with Crippen molar-refractivity contribution in [1.82, 2.24) is 15.2 Å². The van der Waals surface area contributed by atoms with Crippen LogP contribution in [0.15, 0.2) is 42.5 Å². The van der Waals surface area contributed by atoms with Gasteiger partial charge in [-0.1, -0.05) is 23.7 Å². The summed E-state index contributed by atoms with van der Waals surface area (Å²) < 4.78 is 6.01. The topological polar surface area (TPSA) is 101 Å². The number of nitrogens with zero attached hydrogens (tertiary/aromatic N) is 2. The summed E-state index contributed by atoms with van der Waals surface area (Å²) in [5, 5.41) is 5.72. The molecule has 194 valence electrons. The summed E-state index contributed by atoms with van der Waals surface area (Å²) in [4.78, 5) is 45.7. The molecular weight excluding hydrogens is 512 g/mol. The molecule has 2 aromatic heterocycles. The standard InChI is InChI=1S/C27H29ClN4O4S/c1-27(2,3)36-26(35)16-5-6-17(14-29-25(34)22-9-10-23(28)37-22)21(13-16)31-24(33)20-8-7-18-15-32(4)12-11-19(18)30-20/h5-10,13H,11-12,14-15H2,1-4H3,(H,29,34)(H,31,33). The summed E-state index contributed by atoms with van der Waals surface area (Å²) in [6.45, 7) is 7.15. The first-order chi connectivity index (χ1) is 17.5. The SMILES string of the molecule is CN1CCc2nc(C(=O)Nc3cc(C(=O)OC(C)(C)C)ccc3CNC(=O)c3ccc(Cl)s3)ccc2C1. The number of hydrogen-bond donors (Lipinski definition) is 2. The number of halogens is 1. The van der Waals surface area contributed by atoms with Gasteiger partial charge in [0.15, 0.2) is 0 Å². The highest BCUT2D eigenvalue weighted by atomic mass is 35.5. The average Bonchev–Trinajstić information content (AvgIpc) is 3.28. The number of amides is 2. The van der Waals surface area contributed by atoms with Gasteiger partial charge in [0.25, 0.3) is 11.8 Å². The van der Waals surface area contributed by atoms with E-state index >= 15 is 0 Å². The van der Waals surface area contributed by atoms with E-state index in [1.54, 1.807) is 57.2 Å². The van der Waals surface area contributed by atoms with Gasteiger partial charge in [-0.15, -0.1) is 11.3 Å². The van der Waals surface area contributed by atoms with Crippen molar-refractivity contribution in [2.45, 2.75) is 45.9 Å². The van der Waals surface area contributed by atoms with Crippen LogP contribution >= 0.6 is 22.9 Å². The molecule has 0 bridgehead atoms. The van der Waals surface area contributed by atoms with Gasteiger partial charge in [-0.25, -0.2) is 9.78 Å². The van der Waals surface area contributed by atoms with Gasteiger partial charge in [-0.05, 0) is 69.3 Å². The van der Waals surface area contributed by atoms with Gasteiger partial charge >= 0.3 is 5.97 Å². The molecule has 0 saturated carbocycles. The summed E-state index contributed by atoms with van der Waals surface area (Å²) in [5.74, 6) is -1.20. The Bertz CT molecular complexity index is 1350. The van der Waals surface area contributed by atoms with Crippen LogP contribution in [-0.2, 0) is 24.2 Å². The Kier molecular flexibility index (Phi) is 7.96. The van der Waals surface area contributed by atoms with E-state index in [4.69, 9.17) is 16.3 Å². The van der Waals surface area contributed by atoms with Gasteiger partial charge in [-0.2, -0.15) is 0 Å². The highest BCUT2D eigenvalue weighted by Gasteiger charge is 2.21. The number of rotatable bonds is 6. The number of aromatic nitrogens is 1. The van der Waals surface area contributed by atoms with Gasteiger partial charge in [-0.3, -0.25) is 9.59 Å². The van der Waals surface area contributed by atoms with Crippen molar-refractivity contribution in [3.63, 3.8) is 0 Å². The molecule has 1 aliphatic rings. The molecule has 3 aromatic rings. The maximum atomic E-state index is 13.2. The van der Waals surface area contributed by atoms with Gasteiger partial charge in [0.1, 0.15) is 11.3 Å². The molecule has 0 aliphatic carbocycles. The zero-order chi connectivity index (χ0) is 26.7. The van der Waals surface area contributed by atoms with Gasteiger partial charge in [0.05, 0.1) is 14.8 Å². The van der Waals surface area contributed by atoms with E-state index in [1.807, 2.05) is 6.07 Å². The third-order valence-electron chi connectivity index (χ3n) is 5.70. The van der Waals surface area contributed by atoms with Crippen LogP contribution in [0.5, 0.6) is 0 Å². The summed E-state index contributed by atoms with van der Waals surface area (Å²) in [5.41, 5.74) is 2.93. The number of hydrogen-bond acceptors (Lipinski definition) is 7. The van der Waals surface area contributed by atoms with Crippen LogP contribution in [0.1, 0.15) is 68.1 Å². The Morgan fingerprint density at radius 2 is 1.89 bits per heavy atom. The molecule has 0 spiro atoms. The molecule has 1 aliphatic heterocycles.